The van der Waals surface area contributed by atoms with Crippen molar-refractivity contribution in [1.82, 2.24) is 14.3 Å². The number of esters is 1. The molecule has 0 radical (unpaired) electrons. The number of rotatable bonds is 7. The van der Waals surface area contributed by atoms with Crippen molar-refractivity contribution in [3.8, 4) is 0 Å². The average molecular weight is 404 g/mol. The molecule has 2 aromatic rings. The third-order valence-corrected chi connectivity index (χ3v) is 5.62. The van der Waals surface area contributed by atoms with Gasteiger partial charge in [-0.1, -0.05) is 17.7 Å². The summed E-state index contributed by atoms with van der Waals surface area (Å²) in [5.41, 5.74) is 1.19. The van der Waals surface area contributed by atoms with Crippen molar-refractivity contribution in [3.63, 3.8) is 0 Å². The maximum atomic E-state index is 12.7. The molecule has 1 aromatic carbocycles. The number of hydrogen-bond acceptors (Lipinski definition) is 6. The van der Waals surface area contributed by atoms with Crippen LogP contribution in [0.1, 0.15) is 18.2 Å². The number of hydrogen-bond donors (Lipinski definition) is 1. The highest BCUT2D eigenvalue weighted by Crippen LogP contribution is 2.15. The van der Waals surface area contributed by atoms with Crippen LogP contribution in [-0.4, -0.2) is 48.4 Å². The Bertz CT molecular complexity index is 1010. The van der Waals surface area contributed by atoms with Gasteiger partial charge < -0.3 is 14.9 Å². The fourth-order valence-electron chi connectivity index (χ4n) is 2.31. The Kier molecular flexibility index (Phi) is 6.53. The number of nitrogens with zero attached hydrogens (tertiary/aromatic N) is 3. The van der Waals surface area contributed by atoms with E-state index >= 15 is 0 Å². The predicted molar refractivity (Wildman–Crippen MR) is 99.7 cm³/mol. The van der Waals surface area contributed by atoms with Gasteiger partial charge in [0.2, 0.25) is 0 Å². The Morgan fingerprint density at radius 2 is 1.96 bits per heavy atom. The van der Waals surface area contributed by atoms with Gasteiger partial charge in [-0.05, 0) is 19.1 Å². The highest BCUT2D eigenvalue weighted by atomic mass is 32.2. The average Bonchev–Trinajstić information content (AvgIpc) is 3.15. The van der Waals surface area contributed by atoms with Crippen LogP contribution in [0.4, 0.5) is 0 Å². The minimum absolute atomic E-state index is 0.0838. The molecule has 0 aliphatic carbocycles. The minimum atomic E-state index is -3.83. The number of methoxy groups -OCH3 is 1. The van der Waals surface area contributed by atoms with Crippen LogP contribution in [0.3, 0.4) is 0 Å². The Balaban J connectivity index is 2.23. The first-order chi connectivity index (χ1) is 13.2. The van der Waals surface area contributed by atoms with Gasteiger partial charge in [0.25, 0.3) is 16.1 Å². The SMILES string of the molecule is [C-]#[N+][C@@H](C)C(=O)N[C@@H](Cc1cn(S(=O)(=O)c2ccc(C)cc2)cn1)C(=O)OC. The van der Waals surface area contributed by atoms with Gasteiger partial charge >= 0.3 is 11.9 Å². The molecular formula is C18H20N4O5S. The molecule has 0 unspecified atom stereocenters. The van der Waals surface area contributed by atoms with E-state index in [1.165, 1.54) is 32.4 Å². The summed E-state index contributed by atoms with van der Waals surface area (Å²) in [6, 6.07) is 4.30. The van der Waals surface area contributed by atoms with Crippen molar-refractivity contribution in [2.24, 2.45) is 0 Å². The maximum absolute atomic E-state index is 12.7. The molecule has 0 spiro atoms. The number of aromatic nitrogens is 2. The van der Waals surface area contributed by atoms with E-state index in [1.807, 2.05) is 6.92 Å². The van der Waals surface area contributed by atoms with Crippen LogP contribution in [0.25, 0.3) is 4.85 Å². The quantitative estimate of drug-likeness (QED) is 0.543. The van der Waals surface area contributed by atoms with E-state index in [2.05, 4.69) is 19.9 Å². The first-order valence-electron chi connectivity index (χ1n) is 8.29. The number of carbonyl (C=O) groups is 2. The van der Waals surface area contributed by atoms with Crippen LogP contribution in [0, 0.1) is 13.5 Å². The van der Waals surface area contributed by atoms with E-state index in [0.29, 0.717) is 0 Å². The number of ether oxygens (including phenoxy) is 1. The van der Waals surface area contributed by atoms with Gasteiger partial charge in [0.05, 0.1) is 17.7 Å². The molecule has 0 saturated heterocycles. The number of imidazole rings is 1. The zero-order valence-electron chi connectivity index (χ0n) is 15.6. The van der Waals surface area contributed by atoms with E-state index in [-0.39, 0.29) is 17.0 Å². The predicted octanol–water partition coefficient (Wildman–Crippen LogP) is 0.937. The highest BCUT2D eigenvalue weighted by Gasteiger charge is 2.28. The third-order valence-electron chi connectivity index (χ3n) is 4.00. The smallest absolute Gasteiger partial charge is 0.328 e. The molecule has 1 aromatic heterocycles. The summed E-state index contributed by atoms with van der Waals surface area (Å²) in [4.78, 5) is 31.1. The Morgan fingerprint density at radius 3 is 2.54 bits per heavy atom. The van der Waals surface area contributed by atoms with Crippen LogP contribution in [-0.2, 0) is 30.8 Å². The van der Waals surface area contributed by atoms with Crippen molar-refractivity contribution in [3.05, 3.63) is 59.5 Å². The summed E-state index contributed by atoms with van der Waals surface area (Å²) in [5.74, 6) is -1.35. The first-order valence-corrected chi connectivity index (χ1v) is 9.73. The molecule has 10 heteroatoms. The number of amides is 1. The van der Waals surface area contributed by atoms with Gasteiger partial charge in [-0.2, -0.15) is 0 Å². The molecule has 0 aliphatic rings. The lowest BCUT2D eigenvalue weighted by Gasteiger charge is -2.15. The zero-order chi connectivity index (χ0) is 20.9. The lowest BCUT2D eigenvalue weighted by molar-refractivity contribution is -0.145. The molecule has 1 N–H and O–H groups in total. The van der Waals surface area contributed by atoms with Crippen molar-refractivity contribution >= 4 is 21.9 Å². The fourth-order valence-corrected chi connectivity index (χ4v) is 3.46. The van der Waals surface area contributed by atoms with Gasteiger partial charge in [0.1, 0.15) is 12.4 Å². The molecule has 0 aliphatic heterocycles. The van der Waals surface area contributed by atoms with Gasteiger partial charge in [-0.3, -0.25) is 4.79 Å². The zero-order valence-corrected chi connectivity index (χ0v) is 16.4. The number of nitrogens with one attached hydrogen (secondary N) is 1. The summed E-state index contributed by atoms with van der Waals surface area (Å²) in [6.45, 7) is 10.1. The molecule has 1 amide bonds. The molecule has 2 atom stereocenters. The molecule has 2 rings (SSSR count). The molecule has 0 saturated carbocycles. The lowest BCUT2D eigenvalue weighted by atomic mass is 10.1. The molecule has 0 fully saturated rings. The number of aryl methyl sites for hydroxylation is 1. The number of carbonyl (C=O) groups excluding carboxylic acids is 2. The van der Waals surface area contributed by atoms with Crippen LogP contribution in [0.15, 0.2) is 41.7 Å². The van der Waals surface area contributed by atoms with Gasteiger partial charge in [0, 0.05) is 19.5 Å². The maximum Gasteiger partial charge on any atom is 0.328 e. The fraction of sp³-hybridized carbons (Fsp3) is 0.333. The van der Waals surface area contributed by atoms with Crippen molar-refractivity contribution < 1.29 is 22.7 Å². The van der Waals surface area contributed by atoms with E-state index < -0.39 is 34.0 Å². The van der Waals surface area contributed by atoms with Crippen molar-refractivity contribution in [2.45, 2.75) is 37.2 Å². The van der Waals surface area contributed by atoms with Gasteiger partial charge in [0.15, 0.2) is 0 Å². The Labute approximate surface area is 163 Å². The second kappa shape index (κ2) is 8.67. The van der Waals surface area contributed by atoms with Crippen LogP contribution in [0.5, 0.6) is 0 Å². The van der Waals surface area contributed by atoms with E-state index in [0.717, 1.165) is 15.9 Å². The highest BCUT2D eigenvalue weighted by molar-refractivity contribution is 7.90. The molecular weight excluding hydrogens is 384 g/mol. The van der Waals surface area contributed by atoms with Crippen molar-refractivity contribution in [2.75, 3.05) is 7.11 Å². The van der Waals surface area contributed by atoms with Gasteiger partial charge in [-0.25, -0.2) is 28.7 Å². The second-order valence-corrected chi connectivity index (χ2v) is 7.95. The van der Waals surface area contributed by atoms with E-state index in [4.69, 9.17) is 6.57 Å². The summed E-state index contributed by atoms with van der Waals surface area (Å²) in [7, 11) is -2.66. The first kappa shape index (κ1) is 21.1. The van der Waals surface area contributed by atoms with Crippen LogP contribution >= 0.6 is 0 Å². The van der Waals surface area contributed by atoms with E-state index in [1.54, 1.807) is 12.1 Å². The largest absolute Gasteiger partial charge is 0.467 e. The second-order valence-electron chi connectivity index (χ2n) is 6.11. The molecule has 28 heavy (non-hydrogen) atoms. The molecule has 0 bridgehead atoms. The van der Waals surface area contributed by atoms with Gasteiger partial charge in [-0.15, -0.1) is 0 Å². The van der Waals surface area contributed by atoms with Crippen LogP contribution in [0.2, 0.25) is 0 Å². The Morgan fingerprint density at radius 1 is 1.32 bits per heavy atom. The minimum Gasteiger partial charge on any atom is -0.467 e. The molecule has 148 valence electrons. The third kappa shape index (κ3) is 4.75. The molecule has 9 nitrogen and oxygen atoms in total. The van der Waals surface area contributed by atoms with Crippen molar-refractivity contribution in [1.29, 1.82) is 0 Å². The van der Waals surface area contributed by atoms with E-state index in [9.17, 15) is 18.0 Å². The van der Waals surface area contributed by atoms with Crippen LogP contribution < -0.4 is 5.32 Å². The topological polar surface area (TPSA) is 112 Å². The summed E-state index contributed by atoms with van der Waals surface area (Å²) in [6.07, 6.45) is 2.32. The Hall–Kier alpha value is -3.19. The monoisotopic (exact) mass is 404 g/mol. The number of benzene rings is 1. The summed E-state index contributed by atoms with van der Waals surface area (Å²) >= 11 is 0. The standard InChI is InChI=1S/C18H20N4O5S/c1-12-5-7-15(8-6-12)28(25,26)22-10-14(20-11-22)9-16(18(24)27-4)21-17(23)13(2)19-3/h5-8,10-11,13,16H,9H2,1-2,4H3,(H,21,23)/t13-,16-/m0/s1. The molecule has 1 heterocycles. The normalized spacial score (nSPS) is 13.2. The summed E-state index contributed by atoms with van der Waals surface area (Å²) in [5, 5.41) is 2.43. The lowest BCUT2D eigenvalue weighted by Crippen LogP contribution is -2.45. The summed E-state index contributed by atoms with van der Waals surface area (Å²) < 4.78 is 31.0.